The van der Waals surface area contributed by atoms with E-state index in [0.717, 1.165) is 65.9 Å². The van der Waals surface area contributed by atoms with Crippen LogP contribution in [0.3, 0.4) is 0 Å². The molecule has 0 atom stereocenters. The number of hydrogen-bond acceptors (Lipinski definition) is 9. The van der Waals surface area contributed by atoms with Gasteiger partial charge in [0.1, 0.15) is 22.8 Å². The summed E-state index contributed by atoms with van der Waals surface area (Å²) < 4.78 is 41.5. The molecule has 2 aliphatic carbocycles. The predicted octanol–water partition coefficient (Wildman–Crippen LogP) is 10.4. The molecule has 3 heterocycles. The molecule has 1 N–H and O–H groups in total. The Kier molecular flexibility index (Phi) is 15.8. The molecule has 0 fully saturated rings. The molecule has 7 aromatic rings. The topological polar surface area (TPSA) is 161 Å². The van der Waals surface area contributed by atoms with Crippen LogP contribution in [0.15, 0.2) is 119 Å². The van der Waals surface area contributed by atoms with Crippen LogP contribution >= 0.6 is 0 Å². The van der Waals surface area contributed by atoms with Gasteiger partial charge < -0.3 is 23.7 Å². The standard InChI is InChI=1S/C35H34FN3O5.C27H31FN2O4/c1-35(2,3)44-34(43)37(20-22-11-13-27(36)14-12-22)21-26-18-25-17-23-7-6-8-24(23)19-30(25)38(31(26)40)15-16-39-32(41)28-9-4-5-10-29(28)33(39)42;1-27(2,3)34-26(33)29(16-18-7-9-23(28)10-8-18)17-22-14-21-13-19-5-4-6-20(19)15-24(21)30(11-12-31)25(22)32/h4-5,9-14,17-19H,6-8,15-16,20-21H2,1-3H3;7-10,13-15,31H,4-6,11-12,16-17H2,1-3H3. The minimum Gasteiger partial charge on any atom is -0.444 e. The fourth-order valence-corrected chi connectivity index (χ4v) is 10.5. The number of nitrogens with zero attached hydrogens (tertiary/aromatic N) is 5. The van der Waals surface area contributed by atoms with Crippen LogP contribution in [-0.2, 0) is 74.4 Å². The van der Waals surface area contributed by atoms with Crippen molar-refractivity contribution in [2.75, 3.05) is 13.2 Å². The van der Waals surface area contributed by atoms with E-state index < -0.39 is 23.4 Å². The molecule has 0 unspecified atom stereocenters. The second kappa shape index (κ2) is 22.5. The SMILES string of the molecule is CC(C)(C)OC(=O)N(Cc1ccc(F)cc1)Cc1cc2cc3c(cc2n(CCN2C(=O)c4ccccc4C2=O)c1=O)CCC3.CC(C)(C)OC(=O)N(Cc1ccc(F)cc1)Cc1cc2cc3c(cc2n(CCO)c1=O)CCC3. The van der Waals surface area contributed by atoms with Gasteiger partial charge in [-0.25, -0.2) is 18.4 Å². The quantitative estimate of drug-likeness (QED) is 0.111. The predicted molar refractivity (Wildman–Crippen MR) is 293 cm³/mol. The molecular weight excluding hydrogens is 997 g/mol. The molecule has 2 aromatic heterocycles. The van der Waals surface area contributed by atoms with Gasteiger partial charge in [0.25, 0.3) is 22.9 Å². The first kappa shape index (κ1) is 54.8. The van der Waals surface area contributed by atoms with Crippen LogP contribution < -0.4 is 11.1 Å². The molecule has 4 amide bonds. The van der Waals surface area contributed by atoms with Crippen molar-refractivity contribution in [1.82, 2.24) is 23.8 Å². The summed E-state index contributed by atoms with van der Waals surface area (Å²) in [6, 6.07) is 30.4. The van der Waals surface area contributed by atoms with Crippen LogP contribution in [0.2, 0.25) is 0 Å². The Bertz CT molecular complexity index is 3540. The zero-order valence-corrected chi connectivity index (χ0v) is 45.0. The molecule has 1 aliphatic heterocycles. The van der Waals surface area contributed by atoms with E-state index in [2.05, 4.69) is 18.2 Å². The van der Waals surface area contributed by atoms with Crippen molar-refractivity contribution in [3.63, 3.8) is 0 Å². The number of imide groups is 1. The van der Waals surface area contributed by atoms with Gasteiger partial charge in [-0.3, -0.25) is 33.9 Å². The minimum absolute atomic E-state index is 0.0211. The van der Waals surface area contributed by atoms with Gasteiger partial charge in [0.15, 0.2) is 0 Å². The third-order valence-corrected chi connectivity index (χ3v) is 14.1. The number of hydrogen-bond donors (Lipinski definition) is 1. The first-order valence-electron chi connectivity index (χ1n) is 26.5. The molecule has 14 nitrogen and oxygen atoms in total. The highest BCUT2D eigenvalue weighted by Crippen LogP contribution is 2.31. The number of aryl methyl sites for hydroxylation is 4. The van der Waals surface area contributed by atoms with Crippen molar-refractivity contribution in [2.45, 2.75) is 131 Å². The summed E-state index contributed by atoms with van der Waals surface area (Å²) in [6.45, 7) is 11.0. The molecule has 0 spiro atoms. The molecule has 0 saturated carbocycles. The Hall–Kier alpha value is -7.98. The molecular formula is C62H65F2N5O9. The van der Waals surface area contributed by atoms with Gasteiger partial charge >= 0.3 is 12.2 Å². The van der Waals surface area contributed by atoms with Crippen LogP contribution in [-0.4, -0.2) is 77.3 Å². The maximum Gasteiger partial charge on any atom is 0.410 e. The van der Waals surface area contributed by atoms with Gasteiger partial charge in [-0.2, -0.15) is 0 Å². The molecule has 10 rings (SSSR count). The lowest BCUT2D eigenvalue weighted by Gasteiger charge is -2.28. The summed E-state index contributed by atoms with van der Waals surface area (Å²) in [4.78, 5) is 84.2. The van der Waals surface area contributed by atoms with Crippen molar-refractivity contribution >= 4 is 45.8 Å². The van der Waals surface area contributed by atoms with Crippen molar-refractivity contribution in [1.29, 1.82) is 0 Å². The van der Waals surface area contributed by atoms with E-state index in [1.807, 2.05) is 18.2 Å². The first-order chi connectivity index (χ1) is 37.1. The second-order valence-electron chi connectivity index (χ2n) is 22.3. The number of fused-ring (bicyclic) bond motifs is 5. The fraction of sp³-hybridized carbons (Fsp3) is 0.355. The number of rotatable bonds is 13. The van der Waals surface area contributed by atoms with Crippen LogP contribution in [0.4, 0.5) is 18.4 Å². The van der Waals surface area contributed by atoms with Gasteiger partial charge in [0, 0.05) is 43.9 Å². The summed E-state index contributed by atoms with van der Waals surface area (Å²) in [7, 11) is 0. The normalized spacial score (nSPS) is 13.8. The Balaban J connectivity index is 0.000000196. The highest BCUT2D eigenvalue weighted by atomic mass is 19.1. The van der Waals surface area contributed by atoms with E-state index in [1.165, 1.54) is 61.2 Å². The van der Waals surface area contributed by atoms with Crippen LogP contribution in [0.1, 0.15) is 120 Å². The summed E-state index contributed by atoms with van der Waals surface area (Å²) in [5.41, 5.74) is 7.34. The van der Waals surface area contributed by atoms with Gasteiger partial charge in [-0.05, 0) is 197 Å². The molecule has 406 valence electrons. The maximum atomic E-state index is 14.2. The van der Waals surface area contributed by atoms with Crippen molar-refractivity contribution in [2.24, 2.45) is 0 Å². The van der Waals surface area contributed by atoms with E-state index in [9.17, 15) is 42.7 Å². The summed E-state index contributed by atoms with van der Waals surface area (Å²) in [5, 5.41) is 11.4. The van der Waals surface area contributed by atoms with E-state index >= 15 is 0 Å². The number of amides is 4. The van der Waals surface area contributed by atoms with Gasteiger partial charge in [-0.1, -0.05) is 36.4 Å². The van der Waals surface area contributed by atoms with Crippen LogP contribution in [0.25, 0.3) is 21.8 Å². The second-order valence-corrected chi connectivity index (χ2v) is 22.3. The lowest BCUT2D eigenvalue weighted by Crippen LogP contribution is -2.39. The Morgan fingerprint density at radius 1 is 0.526 bits per heavy atom. The number of carbonyl (C=O) groups excluding carboxylic acids is 4. The monoisotopic (exact) mass is 1060 g/mol. The molecule has 5 aromatic carbocycles. The van der Waals surface area contributed by atoms with Crippen LogP contribution in [0.5, 0.6) is 0 Å². The number of carbonyl (C=O) groups is 4. The lowest BCUT2D eigenvalue weighted by atomic mass is 10.0. The molecule has 0 saturated heterocycles. The third kappa shape index (κ3) is 12.4. The number of aliphatic hydroxyl groups is 1. The summed E-state index contributed by atoms with van der Waals surface area (Å²) in [6.07, 6.45) is 4.83. The number of benzene rings is 5. The summed E-state index contributed by atoms with van der Waals surface area (Å²) in [5.74, 6) is -1.51. The van der Waals surface area contributed by atoms with Gasteiger partial charge in [0.2, 0.25) is 0 Å². The largest absolute Gasteiger partial charge is 0.444 e. The zero-order chi connectivity index (χ0) is 55.6. The van der Waals surface area contributed by atoms with Crippen molar-refractivity contribution < 1.29 is 42.5 Å². The highest BCUT2D eigenvalue weighted by Gasteiger charge is 2.35. The number of ether oxygens (including phenoxy) is 2. The van der Waals surface area contributed by atoms with Crippen molar-refractivity contribution in [3.8, 4) is 0 Å². The third-order valence-electron chi connectivity index (χ3n) is 14.1. The number of pyridine rings is 2. The Labute approximate surface area is 451 Å². The molecule has 3 aliphatic rings. The van der Waals surface area contributed by atoms with E-state index in [-0.39, 0.29) is 87.0 Å². The number of aliphatic hydroxyl groups excluding tert-OH is 1. The lowest BCUT2D eigenvalue weighted by molar-refractivity contribution is 0.0206. The number of aromatic nitrogens is 2. The van der Waals surface area contributed by atoms with E-state index in [0.29, 0.717) is 27.8 Å². The zero-order valence-electron chi connectivity index (χ0n) is 45.0. The average molecular weight is 1060 g/mol. The van der Waals surface area contributed by atoms with Crippen LogP contribution in [0, 0.1) is 11.6 Å². The maximum absolute atomic E-state index is 14.2. The summed E-state index contributed by atoms with van der Waals surface area (Å²) >= 11 is 0. The number of halogens is 2. The van der Waals surface area contributed by atoms with E-state index in [4.69, 9.17) is 9.47 Å². The molecule has 78 heavy (non-hydrogen) atoms. The van der Waals surface area contributed by atoms with Gasteiger partial charge in [0.05, 0.1) is 41.9 Å². The molecule has 0 radical (unpaired) electrons. The van der Waals surface area contributed by atoms with E-state index in [1.54, 1.807) is 99.2 Å². The molecule has 16 heteroatoms. The highest BCUT2D eigenvalue weighted by molar-refractivity contribution is 6.21. The first-order valence-corrected chi connectivity index (χ1v) is 26.5. The van der Waals surface area contributed by atoms with Gasteiger partial charge in [-0.15, -0.1) is 0 Å². The molecule has 0 bridgehead atoms. The minimum atomic E-state index is -0.769. The average Bonchev–Trinajstić information content (AvgIpc) is 4.24. The Morgan fingerprint density at radius 3 is 1.29 bits per heavy atom. The fourth-order valence-electron chi connectivity index (χ4n) is 10.5. The van der Waals surface area contributed by atoms with Crippen molar-refractivity contribution in [3.05, 3.63) is 197 Å². The Morgan fingerprint density at radius 2 is 0.910 bits per heavy atom. The smallest absolute Gasteiger partial charge is 0.410 e.